The molecule has 0 aliphatic heterocycles. The first-order chi connectivity index (χ1) is 8.19. The summed E-state index contributed by atoms with van der Waals surface area (Å²) in [5.74, 6) is 1.57. The van der Waals surface area contributed by atoms with Crippen LogP contribution in [0.25, 0.3) is 0 Å². The number of benzene rings is 1. The second kappa shape index (κ2) is 4.93. The summed E-state index contributed by atoms with van der Waals surface area (Å²) in [6, 6.07) is 10.4. The quantitative estimate of drug-likeness (QED) is 0.851. The zero-order valence-electron chi connectivity index (χ0n) is 9.18. The molecule has 0 unspecified atom stereocenters. The van der Waals surface area contributed by atoms with Crippen molar-refractivity contribution in [1.29, 1.82) is 0 Å². The van der Waals surface area contributed by atoms with Crippen LogP contribution in [0.3, 0.4) is 0 Å². The van der Waals surface area contributed by atoms with Crippen LogP contribution in [-0.2, 0) is 0 Å². The van der Waals surface area contributed by atoms with Crippen molar-refractivity contribution < 1.29 is 9.47 Å². The molecule has 0 spiro atoms. The maximum absolute atomic E-state index is 5.77. The molecule has 0 atom stereocenters. The fraction of sp³-hybridized carbons (Fsp3) is 0.0833. The lowest BCUT2D eigenvalue weighted by molar-refractivity contribution is 0.407. The van der Waals surface area contributed by atoms with Crippen LogP contribution in [0.2, 0.25) is 5.15 Å². The van der Waals surface area contributed by atoms with Crippen LogP contribution < -0.4 is 15.2 Å². The third kappa shape index (κ3) is 2.79. The van der Waals surface area contributed by atoms with E-state index in [1.807, 2.05) is 12.1 Å². The highest BCUT2D eigenvalue weighted by Gasteiger charge is 2.05. The molecule has 4 nitrogen and oxygen atoms in total. The number of halogens is 1. The normalized spacial score (nSPS) is 10.0. The van der Waals surface area contributed by atoms with E-state index in [1.165, 1.54) is 0 Å². The van der Waals surface area contributed by atoms with Gasteiger partial charge in [-0.2, -0.15) is 4.98 Å². The van der Waals surface area contributed by atoms with E-state index in [0.29, 0.717) is 22.3 Å². The van der Waals surface area contributed by atoms with Crippen molar-refractivity contribution >= 4 is 17.3 Å². The lowest BCUT2D eigenvalue weighted by Gasteiger charge is -2.08. The van der Waals surface area contributed by atoms with Crippen molar-refractivity contribution in [2.45, 2.75) is 0 Å². The van der Waals surface area contributed by atoms with Gasteiger partial charge in [0.1, 0.15) is 16.7 Å². The summed E-state index contributed by atoms with van der Waals surface area (Å²) in [6.07, 6.45) is 0. The van der Waals surface area contributed by atoms with Gasteiger partial charge in [0, 0.05) is 6.07 Å². The molecule has 2 rings (SSSR count). The standard InChI is InChI=1S/C12H11ClN2O2/c1-16-8-3-2-4-9(7-8)17-12-10(14)5-6-11(13)15-12/h2-7H,14H2,1H3. The highest BCUT2D eigenvalue weighted by atomic mass is 35.5. The number of aromatic nitrogens is 1. The fourth-order valence-corrected chi connectivity index (χ4v) is 1.43. The summed E-state index contributed by atoms with van der Waals surface area (Å²) in [6.45, 7) is 0. The van der Waals surface area contributed by atoms with Crippen molar-refractivity contribution in [1.82, 2.24) is 4.98 Å². The molecule has 0 aliphatic carbocycles. The number of pyridine rings is 1. The number of methoxy groups -OCH3 is 1. The molecular weight excluding hydrogens is 240 g/mol. The van der Waals surface area contributed by atoms with E-state index < -0.39 is 0 Å². The van der Waals surface area contributed by atoms with Gasteiger partial charge in [0.2, 0.25) is 5.88 Å². The second-order valence-electron chi connectivity index (χ2n) is 3.31. The third-order valence-corrected chi connectivity index (χ3v) is 2.32. The Morgan fingerprint density at radius 2 is 1.94 bits per heavy atom. The Kier molecular flexibility index (Phi) is 3.35. The Hall–Kier alpha value is -1.94. The van der Waals surface area contributed by atoms with Gasteiger partial charge in [0.25, 0.3) is 0 Å². The van der Waals surface area contributed by atoms with Gasteiger partial charge in [0.15, 0.2) is 0 Å². The number of rotatable bonds is 3. The van der Waals surface area contributed by atoms with Crippen LogP contribution in [0.4, 0.5) is 5.69 Å². The molecule has 1 heterocycles. The summed E-state index contributed by atoms with van der Waals surface area (Å²) >= 11 is 5.77. The van der Waals surface area contributed by atoms with E-state index in [-0.39, 0.29) is 5.88 Å². The maximum atomic E-state index is 5.77. The van der Waals surface area contributed by atoms with Gasteiger partial charge < -0.3 is 15.2 Å². The van der Waals surface area contributed by atoms with Crippen LogP contribution in [0.1, 0.15) is 0 Å². The molecule has 1 aromatic heterocycles. The van der Waals surface area contributed by atoms with Gasteiger partial charge in [-0.3, -0.25) is 0 Å². The van der Waals surface area contributed by atoms with E-state index in [4.69, 9.17) is 26.8 Å². The third-order valence-electron chi connectivity index (χ3n) is 2.11. The number of ether oxygens (including phenoxy) is 2. The molecule has 88 valence electrons. The number of nitrogen functional groups attached to an aromatic ring is 1. The average Bonchev–Trinajstić information content (AvgIpc) is 2.34. The zero-order chi connectivity index (χ0) is 12.3. The topological polar surface area (TPSA) is 57.4 Å². The Labute approximate surface area is 104 Å². The van der Waals surface area contributed by atoms with Gasteiger partial charge in [0.05, 0.1) is 12.8 Å². The van der Waals surface area contributed by atoms with Crippen molar-refractivity contribution in [3.8, 4) is 17.4 Å². The Balaban J connectivity index is 2.27. The van der Waals surface area contributed by atoms with Crippen molar-refractivity contribution in [2.24, 2.45) is 0 Å². The Bertz CT molecular complexity index is 532. The highest BCUT2D eigenvalue weighted by Crippen LogP contribution is 2.28. The van der Waals surface area contributed by atoms with E-state index in [2.05, 4.69) is 4.98 Å². The predicted octanol–water partition coefficient (Wildman–Crippen LogP) is 3.12. The van der Waals surface area contributed by atoms with Crippen LogP contribution >= 0.6 is 11.6 Å². The lowest BCUT2D eigenvalue weighted by Crippen LogP contribution is -1.95. The summed E-state index contributed by atoms with van der Waals surface area (Å²) in [4.78, 5) is 4.00. The minimum Gasteiger partial charge on any atom is -0.497 e. The van der Waals surface area contributed by atoms with Crippen LogP contribution in [0.15, 0.2) is 36.4 Å². The molecule has 2 aromatic rings. The van der Waals surface area contributed by atoms with Gasteiger partial charge in [-0.1, -0.05) is 17.7 Å². The molecule has 0 bridgehead atoms. The molecule has 0 radical (unpaired) electrons. The Morgan fingerprint density at radius 1 is 1.18 bits per heavy atom. The number of hydrogen-bond acceptors (Lipinski definition) is 4. The fourth-order valence-electron chi connectivity index (χ4n) is 1.29. The summed E-state index contributed by atoms with van der Waals surface area (Å²) in [5, 5.41) is 0.331. The predicted molar refractivity (Wildman–Crippen MR) is 66.7 cm³/mol. The van der Waals surface area contributed by atoms with Crippen molar-refractivity contribution in [3.05, 3.63) is 41.6 Å². The summed E-state index contributed by atoms with van der Waals surface area (Å²) < 4.78 is 10.6. The van der Waals surface area contributed by atoms with Crippen LogP contribution in [-0.4, -0.2) is 12.1 Å². The SMILES string of the molecule is COc1cccc(Oc2nc(Cl)ccc2N)c1. The molecule has 0 saturated carbocycles. The smallest absolute Gasteiger partial charge is 0.244 e. The molecule has 0 saturated heterocycles. The molecule has 2 N–H and O–H groups in total. The molecule has 0 aliphatic rings. The van der Waals surface area contributed by atoms with Crippen molar-refractivity contribution in [3.63, 3.8) is 0 Å². The second-order valence-corrected chi connectivity index (χ2v) is 3.70. The lowest BCUT2D eigenvalue weighted by atomic mass is 10.3. The monoisotopic (exact) mass is 250 g/mol. The minimum atomic E-state index is 0.283. The van der Waals surface area contributed by atoms with E-state index in [0.717, 1.165) is 0 Å². The molecule has 5 heteroatoms. The van der Waals surface area contributed by atoms with Gasteiger partial charge in [-0.05, 0) is 24.3 Å². The summed E-state index contributed by atoms with van der Waals surface area (Å²) in [5.41, 5.74) is 6.16. The number of nitrogens with zero attached hydrogens (tertiary/aromatic N) is 1. The first-order valence-corrected chi connectivity index (χ1v) is 5.31. The molecule has 0 fully saturated rings. The van der Waals surface area contributed by atoms with Gasteiger partial charge in [-0.25, -0.2) is 0 Å². The van der Waals surface area contributed by atoms with Crippen molar-refractivity contribution in [2.75, 3.05) is 12.8 Å². The largest absolute Gasteiger partial charge is 0.497 e. The maximum Gasteiger partial charge on any atom is 0.244 e. The van der Waals surface area contributed by atoms with Gasteiger partial charge >= 0.3 is 0 Å². The molecule has 17 heavy (non-hydrogen) atoms. The van der Waals surface area contributed by atoms with Gasteiger partial charge in [-0.15, -0.1) is 0 Å². The zero-order valence-corrected chi connectivity index (χ0v) is 9.94. The summed E-state index contributed by atoms with van der Waals surface area (Å²) in [7, 11) is 1.59. The number of nitrogens with two attached hydrogens (primary N) is 1. The number of anilines is 1. The Morgan fingerprint density at radius 3 is 2.71 bits per heavy atom. The minimum absolute atomic E-state index is 0.283. The highest BCUT2D eigenvalue weighted by molar-refractivity contribution is 6.29. The first-order valence-electron chi connectivity index (χ1n) is 4.93. The molecule has 0 amide bonds. The van der Waals surface area contributed by atoms with Crippen LogP contribution in [0, 0.1) is 0 Å². The number of hydrogen-bond donors (Lipinski definition) is 1. The van der Waals surface area contributed by atoms with E-state index in [1.54, 1.807) is 31.4 Å². The van der Waals surface area contributed by atoms with E-state index >= 15 is 0 Å². The first kappa shape index (κ1) is 11.5. The average molecular weight is 251 g/mol. The molecule has 1 aromatic carbocycles. The van der Waals surface area contributed by atoms with E-state index in [9.17, 15) is 0 Å². The van der Waals surface area contributed by atoms with Crippen LogP contribution in [0.5, 0.6) is 17.4 Å². The molecular formula is C12H11ClN2O2.